The first-order valence-corrected chi connectivity index (χ1v) is 8.41. The van der Waals surface area contributed by atoms with Gasteiger partial charge in [0.25, 0.3) is 0 Å². The van der Waals surface area contributed by atoms with Crippen LogP contribution in [0, 0.1) is 6.92 Å². The van der Waals surface area contributed by atoms with E-state index in [2.05, 4.69) is 49.7 Å². The average Bonchev–Trinajstić information content (AvgIpc) is 2.82. The van der Waals surface area contributed by atoms with Gasteiger partial charge in [0.1, 0.15) is 5.75 Å². The maximum Gasteiger partial charge on any atom is 0.210 e. The molecule has 0 aliphatic carbocycles. The quantitative estimate of drug-likeness (QED) is 0.679. The lowest BCUT2D eigenvalue weighted by Crippen LogP contribution is -2.16. The van der Waals surface area contributed by atoms with Gasteiger partial charge in [0.15, 0.2) is 6.61 Å². The SMILES string of the molecule is Cc1ccc(OCC(=O)c2ccc(Br)s2)c(C(C)(C)C)c1. The van der Waals surface area contributed by atoms with Gasteiger partial charge >= 0.3 is 0 Å². The largest absolute Gasteiger partial charge is 0.485 e. The van der Waals surface area contributed by atoms with Gasteiger partial charge in [0.05, 0.1) is 8.66 Å². The highest BCUT2D eigenvalue weighted by molar-refractivity contribution is 9.11. The third-order valence-electron chi connectivity index (χ3n) is 3.15. The second-order valence-electron chi connectivity index (χ2n) is 6.07. The predicted molar refractivity (Wildman–Crippen MR) is 91.7 cm³/mol. The van der Waals surface area contributed by atoms with Crippen LogP contribution in [0.2, 0.25) is 0 Å². The molecule has 2 nitrogen and oxygen atoms in total. The zero-order valence-electron chi connectivity index (χ0n) is 12.7. The number of carbonyl (C=O) groups excluding carboxylic acids is 1. The van der Waals surface area contributed by atoms with Crippen LogP contribution in [-0.2, 0) is 5.41 Å². The molecule has 0 unspecified atom stereocenters. The minimum Gasteiger partial charge on any atom is -0.485 e. The smallest absolute Gasteiger partial charge is 0.210 e. The van der Waals surface area contributed by atoms with Crippen LogP contribution in [0.25, 0.3) is 0 Å². The Morgan fingerprint density at radius 3 is 2.52 bits per heavy atom. The molecule has 0 atom stereocenters. The molecule has 0 N–H and O–H groups in total. The van der Waals surface area contributed by atoms with Crippen LogP contribution in [0.4, 0.5) is 0 Å². The molecular formula is C17H19BrO2S. The van der Waals surface area contributed by atoms with Crippen molar-refractivity contribution in [2.75, 3.05) is 6.61 Å². The lowest BCUT2D eigenvalue weighted by molar-refractivity contribution is 0.0924. The van der Waals surface area contributed by atoms with E-state index in [-0.39, 0.29) is 17.8 Å². The third-order valence-corrected chi connectivity index (χ3v) is 4.81. The highest BCUT2D eigenvalue weighted by Gasteiger charge is 2.20. The van der Waals surface area contributed by atoms with E-state index in [1.54, 1.807) is 0 Å². The summed E-state index contributed by atoms with van der Waals surface area (Å²) in [5.41, 5.74) is 2.31. The van der Waals surface area contributed by atoms with Gasteiger partial charge in [-0.2, -0.15) is 0 Å². The van der Waals surface area contributed by atoms with Gasteiger partial charge in [-0.25, -0.2) is 0 Å². The molecule has 0 bridgehead atoms. The summed E-state index contributed by atoms with van der Waals surface area (Å²) in [7, 11) is 0. The number of ether oxygens (including phenoxy) is 1. The van der Waals surface area contributed by atoms with Crippen molar-refractivity contribution in [2.24, 2.45) is 0 Å². The molecule has 1 heterocycles. The van der Waals surface area contributed by atoms with Gasteiger partial charge in [-0.3, -0.25) is 4.79 Å². The molecule has 21 heavy (non-hydrogen) atoms. The Labute approximate surface area is 138 Å². The predicted octanol–water partition coefficient (Wildman–Crippen LogP) is 5.38. The van der Waals surface area contributed by atoms with Crippen molar-refractivity contribution in [3.8, 4) is 5.75 Å². The number of benzene rings is 1. The molecule has 2 rings (SSSR count). The number of thiophene rings is 1. The lowest BCUT2D eigenvalue weighted by Gasteiger charge is -2.23. The summed E-state index contributed by atoms with van der Waals surface area (Å²) in [6.45, 7) is 8.57. The summed E-state index contributed by atoms with van der Waals surface area (Å²) in [6, 6.07) is 9.79. The minimum absolute atomic E-state index is 0.00568. The van der Waals surface area contributed by atoms with Crippen molar-refractivity contribution in [2.45, 2.75) is 33.1 Å². The Morgan fingerprint density at radius 2 is 1.95 bits per heavy atom. The first kappa shape index (κ1) is 16.2. The fourth-order valence-corrected chi connectivity index (χ4v) is 3.34. The molecule has 0 saturated heterocycles. The van der Waals surface area contributed by atoms with E-state index in [4.69, 9.17) is 4.74 Å². The summed E-state index contributed by atoms with van der Waals surface area (Å²) < 4.78 is 6.74. The minimum atomic E-state index is -0.0175. The molecule has 112 valence electrons. The molecule has 1 aromatic heterocycles. The molecule has 2 aromatic rings. The Kier molecular flexibility index (Phi) is 4.89. The van der Waals surface area contributed by atoms with Gasteiger partial charge < -0.3 is 4.74 Å². The van der Waals surface area contributed by atoms with E-state index in [1.165, 1.54) is 16.9 Å². The molecule has 1 aromatic carbocycles. The summed E-state index contributed by atoms with van der Waals surface area (Å²) >= 11 is 4.80. The van der Waals surface area contributed by atoms with E-state index in [0.29, 0.717) is 4.88 Å². The van der Waals surface area contributed by atoms with Crippen molar-refractivity contribution < 1.29 is 9.53 Å². The second-order valence-corrected chi connectivity index (χ2v) is 8.53. The number of hydrogen-bond donors (Lipinski definition) is 0. The van der Waals surface area contributed by atoms with Crippen molar-refractivity contribution in [1.82, 2.24) is 0 Å². The van der Waals surface area contributed by atoms with E-state index in [9.17, 15) is 4.79 Å². The number of carbonyl (C=O) groups is 1. The molecule has 0 aliphatic heterocycles. The Bertz CT molecular complexity index is 653. The fraction of sp³-hybridized carbons (Fsp3) is 0.353. The zero-order chi connectivity index (χ0) is 15.6. The van der Waals surface area contributed by atoms with Gasteiger partial charge in [-0.05, 0) is 52.0 Å². The Morgan fingerprint density at radius 1 is 1.24 bits per heavy atom. The topological polar surface area (TPSA) is 26.3 Å². The normalized spacial score (nSPS) is 11.5. The first-order chi connectivity index (χ1) is 9.77. The van der Waals surface area contributed by atoms with Crippen LogP contribution in [-0.4, -0.2) is 12.4 Å². The number of rotatable bonds is 4. The van der Waals surface area contributed by atoms with E-state index in [1.807, 2.05) is 24.3 Å². The summed E-state index contributed by atoms with van der Waals surface area (Å²) in [4.78, 5) is 12.8. The monoisotopic (exact) mass is 366 g/mol. The van der Waals surface area contributed by atoms with Crippen LogP contribution in [0.3, 0.4) is 0 Å². The van der Waals surface area contributed by atoms with Gasteiger partial charge in [-0.15, -0.1) is 11.3 Å². The molecule has 0 spiro atoms. The number of aryl methyl sites for hydroxylation is 1. The number of ketones is 1. The van der Waals surface area contributed by atoms with Crippen LogP contribution in [0.1, 0.15) is 41.6 Å². The van der Waals surface area contributed by atoms with Crippen LogP contribution < -0.4 is 4.74 Å². The number of hydrogen-bond acceptors (Lipinski definition) is 3. The fourth-order valence-electron chi connectivity index (χ4n) is 2.03. The molecule has 0 fully saturated rings. The highest BCUT2D eigenvalue weighted by atomic mass is 79.9. The standard InChI is InChI=1S/C17H19BrO2S/c1-11-5-6-14(12(9-11)17(2,3)4)20-10-13(19)15-7-8-16(18)21-15/h5-9H,10H2,1-4H3. The number of halogens is 1. The Hall–Kier alpha value is -1.13. The summed E-state index contributed by atoms with van der Waals surface area (Å²) in [5, 5.41) is 0. The first-order valence-electron chi connectivity index (χ1n) is 6.80. The van der Waals surface area contributed by atoms with E-state index < -0.39 is 0 Å². The van der Waals surface area contributed by atoms with Crippen LogP contribution >= 0.6 is 27.3 Å². The second kappa shape index (κ2) is 6.32. The third kappa shape index (κ3) is 4.17. The van der Waals surface area contributed by atoms with Crippen molar-refractivity contribution >= 4 is 33.0 Å². The molecule has 4 heteroatoms. The molecule has 0 amide bonds. The van der Waals surface area contributed by atoms with Crippen LogP contribution in [0.15, 0.2) is 34.1 Å². The van der Waals surface area contributed by atoms with Crippen LogP contribution in [0.5, 0.6) is 5.75 Å². The zero-order valence-corrected chi connectivity index (χ0v) is 15.1. The lowest BCUT2D eigenvalue weighted by atomic mass is 9.85. The molecule has 0 aliphatic rings. The summed E-state index contributed by atoms with van der Waals surface area (Å²) in [6.07, 6.45) is 0. The maximum atomic E-state index is 12.1. The molecular weight excluding hydrogens is 348 g/mol. The van der Waals surface area contributed by atoms with Gasteiger partial charge in [0.2, 0.25) is 5.78 Å². The maximum absolute atomic E-state index is 12.1. The van der Waals surface area contributed by atoms with Crippen molar-refractivity contribution in [3.05, 3.63) is 50.1 Å². The highest BCUT2D eigenvalue weighted by Crippen LogP contribution is 2.32. The van der Waals surface area contributed by atoms with Crippen molar-refractivity contribution in [3.63, 3.8) is 0 Å². The number of Topliss-reactive ketones (excluding diaryl/α,β-unsaturated/α-hetero) is 1. The summed E-state index contributed by atoms with van der Waals surface area (Å²) in [5.74, 6) is 0.795. The van der Waals surface area contributed by atoms with Gasteiger partial charge in [0, 0.05) is 0 Å². The van der Waals surface area contributed by atoms with Crippen molar-refractivity contribution in [1.29, 1.82) is 0 Å². The van der Waals surface area contributed by atoms with E-state index >= 15 is 0 Å². The van der Waals surface area contributed by atoms with Gasteiger partial charge in [-0.1, -0.05) is 38.5 Å². The molecule has 0 saturated carbocycles. The Balaban J connectivity index is 2.15. The molecule has 0 radical (unpaired) electrons. The van der Waals surface area contributed by atoms with E-state index in [0.717, 1.165) is 15.1 Å². The average molecular weight is 367 g/mol.